The third-order valence-electron chi connectivity index (χ3n) is 10.1. The van der Waals surface area contributed by atoms with Crippen LogP contribution in [0.2, 0.25) is 0 Å². The quantitative estimate of drug-likeness (QED) is 0.115. The molecule has 308 valence electrons. The molecule has 61 heavy (non-hydrogen) atoms. The summed E-state index contributed by atoms with van der Waals surface area (Å²) in [6.07, 6.45) is 12.3. The number of allylic oxidation sites excluding steroid dienone is 1. The zero-order chi connectivity index (χ0) is 43.1. The van der Waals surface area contributed by atoms with Gasteiger partial charge in [-0.3, -0.25) is 9.13 Å². The second-order valence-electron chi connectivity index (χ2n) is 16.2. The molecule has 2 heterocycles. The fraction of sp³-hybridized carbons (Fsp3) is 0.185. The van der Waals surface area contributed by atoms with E-state index in [2.05, 4.69) is 111 Å². The molecule has 0 atom stereocenters. The summed E-state index contributed by atoms with van der Waals surface area (Å²) < 4.78 is 29.6. The predicted molar refractivity (Wildman–Crippen MR) is 253 cm³/mol. The minimum Gasteiger partial charge on any atom is -0.491 e. The summed E-state index contributed by atoms with van der Waals surface area (Å²) in [7, 11) is 0. The van der Waals surface area contributed by atoms with Crippen LogP contribution >= 0.6 is 0 Å². The molecule has 0 aliphatic heterocycles. The van der Waals surface area contributed by atoms with Gasteiger partial charge in [-0.1, -0.05) is 97.1 Å². The zero-order valence-electron chi connectivity index (χ0n) is 36.0. The lowest BCUT2D eigenvalue weighted by molar-refractivity contribution is 0.221. The fourth-order valence-electron chi connectivity index (χ4n) is 6.85. The lowest BCUT2D eigenvalue weighted by Crippen LogP contribution is -2.08. The monoisotopic (exact) mass is 808 g/mol. The number of alkyl halides is 1. The highest BCUT2D eigenvalue weighted by Gasteiger charge is 2.17. The molecule has 6 aromatic carbocycles. The number of fused-ring (bicyclic) bond motifs is 2. The van der Waals surface area contributed by atoms with E-state index in [1.54, 1.807) is 13.8 Å². The van der Waals surface area contributed by atoms with E-state index in [4.69, 9.17) is 9.47 Å². The van der Waals surface area contributed by atoms with Crippen molar-refractivity contribution in [3.8, 4) is 22.9 Å². The zero-order valence-corrected chi connectivity index (χ0v) is 36.0. The Balaban J connectivity index is 0.000000184. The molecule has 0 aliphatic carbocycles. The Morgan fingerprint density at radius 2 is 0.934 bits per heavy atom. The molecule has 7 heteroatoms. The molecule has 0 fully saturated rings. The molecular formula is C54H53FN4O2. The number of nitrogens with zero attached hydrogens (tertiary/aromatic N) is 4. The number of hydrogen-bond donors (Lipinski definition) is 0. The lowest BCUT2D eigenvalue weighted by atomic mass is 9.99. The summed E-state index contributed by atoms with van der Waals surface area (Å²) in [6.45, 7) is 17.2. The first-order chi connectivity index (χ1) is 29.3. The van der Waals surface area contributed by atoms with Gasteiger partial charge in [-0.2, -0.15) is 0 Å². The molecule has 6 nitrogen and oxygen atoms in total. The van der Waals surface area contributed by atoms with Crippen molar-refractivity contribution in [3.05, 3.63) is 186 Å². The van der Waals surface area contributed by atoms with Gasteiger partial charge in [-0.05, 0) is 155 Å². The van der Waals surface area contributed by atoms with Gasteiger partial charge in [0, 0.05) is 11.4 Å². The molecule has 2 aromatic heterocycles. The number of aromatic nitrogens is 4. The third kappa shape index (κ3) is 10.8. The van der Waals surface area contributed by atoms with Crippen LogP contribution in [-0.4, -0.2) is 31.3 Å². The van der Waals surface area contributed by atoms with E-state index in [1.165, 1.54) is 5.56 Å². The van der Waals surface area contributed by atoms with Crippen molar-refractivity contribution < 1.29 is 13.9 Å². The van der Waals surface area contributed by atoms with Gasteiger partial charge in [0.15, 0.2) is 0 Å². The van der Waals surface area contributed by atoms with E-state index in [0.29, 0.717) is 5.56 Å². The van der Waals surface area contributed by atoms with Crippen molar-refractivity contribution in [2.75, 3.05) is 0 Å². The van der Waals surface area contributed by atoms with Gasteiger partial charge in [0.2, 0.25) is 0 Å². The van der Waals surface area contributed by atoms with E-state index in [-0.39, 0.29) is 12.2 Å². The van der Waals surface area contributed by atoms with Gasteiger partial charge in [0.05, 0.1) is 34.3 Å². The Morgan fingerprint density at radius 3 is 1.31 bits per heavy atom. The summed E-state index contributed by atoms with van der Waals surface area (Å²) in [6, 6.07) is 44.7. The van der Waals surface area contributed by atoms with Crippen molar-refractivity contribution in [2.24, 2.45) is 0 Å². The standard InChI is InChI=1S/C27H27FN2O.C27H26N2O/c1-19(2)31-24-14-12-23(13-15-24)30-18-29-25-17-21(9-16-26(25)30)6-5-20-7-10-22(11-8-20)27(3,4)28;1-19(2)23-10-7-21(8-11-23)5-6-22-9-16-27-26(17-22)28-18-29(27)24-12-14-25(15-13-24)30-20(3)4/h5-19H,1-4H3;5-18,20H,1H2,2-4H3/b2*6-5-. The summed E-state index contributed by atoms with van der Waals surface area (Å²) in [5, 5.41) is 0. The molecular weight excluding hydrogens is 756 g/mol. The molecule has 0 unspecified atom stereocenters. The van der Waals surface area contributed by atoms with Gasteiger partial charge >= 0.3 is 0 Å². The van der Waals surface area contributed by atoms with Crippen LogP contribution in [0.15, 0.2) is 153 Å². The van der Waals surface area contributed by atoms with E-state index < -0.39 is 5.67 Å². The molecule has 0 saturated heterocycles. The minimum absolute atomic E-state index is 0.153. The van der Waals surface area contributed by atoms with Crippen LogP contribution in [0.1, 0.15) is 81.8 Å². The number of ether oxygens (including phenoxy) is 2. The van der Waals surface area contributed by atoms with Gasteiger partial charge < -0.3 is 9.47 Å². The maximum absolute atomic E-state index is 14.0. The van der Waals surface area contributed by atoms with Crippen LogP contribution in [0.4, 0.5) is 4.39 Å². The molecule has 0 saturated carbocycles. The summed E-state index contributed by atoms with van der Waals surface area (Å²) in [5.41, 5.74) is 12.1. The van der Waals surface area contributed by atoms with Crippen molar-refractivity contribution in [2.45, 2.75) is 66.3 Å². The van der Waals surface area contributed by atoms with E-state index >= 15 is 0 Å². The highest BCUT2D eigenvalue weighted by atomic mass is 19.1. The molecule has 0 radical (unpaired) electrons. The number of imidazole rings is 2. The van der Waals surface area contributed by atoms with Crippen LogP contribution in [0.25, 0.3) is 63.3 Å². The Bertz CT molecular complexity index is 2780. The van der Waals surface area contributed by atoms with Crippen LogP contribution in [0.5, 0.6) is 11.5 Å². The van der Waals surface area contributed by atoms with Crippen LogP contribution in [-0.2, 0) is 5.67 Å². The van der Waals surface area contributed by atoms with Crippen molar-refractivity contribution in [3.63, 3.8) is 0 Å². The van der Waals surface area contributed by atoms with Gasteiger partial charge in [-0.15, -0.1) is 0 Å². The van der Waals surface area contributed by atoms with Crippen LogP contribution < -0.4 is 9.47 Å². The normalized spacial score (nSPS) is 11.8. The SMILES string of the molecule is C=C(C)c1ccc(/C=C\c2ccc3c(c2)ncn3-c2ccc(OC(C)C)cc2)cc1.CC(C)Oc1ccc(-n2cnc3cc(/C=C\c4ccc(C(C)(C)F)cc4)ccc32)cc1. The Kier molecular flexibility index (Phi) is 12.8. The second-order valence-corrected chi connectivity index (χ2v) is 16.2. The van der Waals surface area contributed by atoms with Crippen molar-refractivity contribution in [1.82, 2.24) is 19.1 Å². The smallest absolute Gasteiger partial charge is 0.130 e. The highest BCUT2D eigenvalue weighted by Crippen LogP contribution is 2.27. The first-order valence-corrected chi connectivity index (χ1v) is 20.7. The maximum Gasteiger partial charge on any atom is 0.130 e. The Hall–Kier alpha value is -6.99. The molecule has 0 amide bonds. The van der Waals surface area contributed by atoms with E-state index in [0.717, 1.165) is 72.8 Å². The molecule has 0 spiro atoms. The maximum atomic E-state index is 14.0. The molecule has 0 N–H and O–H groups in total. The molecule has 8 rings (SSSR count). The van der Waals surface area contributed by atoms with Crippen molar-refractivity contribution >= 4 is 51.9 Å². The predicted octanol–water partition coefficient (Wildman–Crippen LogP) is 14.2. The molecule has 8 aromatic rings. The van der Waals surface area contributed by atoms with Crippen LogP contribution in [0, 0.1) is 0 Å². The second kappa shape index (κ2) is 18.5. The first kappa shape index (κ1) is 42.1. The van der Waals surface area contributed by atoms with Gasteiger partial charge in [0.1, 0.15) is 29.8 Å². The Labute approximate surface area is 359 Å². The highest BCUT2D eigenvalue weighted by molar-refractivity contribution is 5.83. The van der Waals surface area contributed by atoms with Gasteiger partial charge in [0.25, 0.3) is 0 Å². The fourth-order valence-corrected chi connectivity index (χ4v) is 6.85. The first-order valence-electron chi connectivity index (χ1n) is 20.7. The van der Waals surface area contributed by atoms with Gasteiger partial charge in [-0.25, -0.2) is 14.4 Å². The lowest BCUT2D eigenvalue weighted by Gasteiger charge is -2.14. The summed E-state index contributed by atoms with van der Waals surface area (Å²) >= 11 is 0. The minimum atomic E-state index is -1.33. The van der Waals surface area contributed by atoms with Crippen molar-refractivity contribution in [1.29, 1.82) is 0 Å². The largest absolute Gasteiger partial charge is 0.491 e. The summed E-state index contributed by atoms with van der Waals surface area (Å²) in [4.78, 5) is 9.18. The number of benzene rings is 6. The molecule has 0 bridgehead atoms. The summed E-state index contributed by atoms with van der Waals surface area (Å²) in [5.74, 6) is 1.74. The number of halogens is 1. The van der Waals surface area contributed by atoms with E-state index in [1.807, 2.05) is 120 Å². The van der Waals surface area contributed by atoms with Crippen LogP contribution in [0.3, 0.4) is 0 Å². The topological polar surface area (TPSA) is 54.1 Å². The number of hydrogen-bond acceptors (Lipinski definition) is 4. The Morgan fingerprint density at radius 1 is 0.557 bits per heavy atom. The average Bonchev–Trinajstić information content (AvgIpc) is 3.87. The van der Waals surface area contributed by atoms with E-state index in [9.17, 15) is 4.39 Å². The third-order valence-corrected chi connectivity index (χ3v) is 10.1. The average molecular weight is 809 g/mol. The molecule has 0 aliphatic rings. The number of rotatable bonds is 12.